The van der Waals surface area contributed by atoms with Crippen molar-refractivity contribution in [3.8, 4) is 11.3 Å². The number of hydrogen-bond donors (Lipinski definition) is 1. The van der Waals surface area contributed by atoms with E-state index in [-0.39, 0.29) is 0 Å². The molecule has 0 aliphatic carbocycles. The Morgan fingerprint density at radius 3 is 2.55 bits per heavy atom. The Morgan fingerprint density at radius 1 is 1.14 bits per heavy atom. The minimum atomic E-state index is -1.19. The SMILES string of the molecule is CCn1cc(-c2cncc(N3CCC(O)(c4ccc(F)c(F)c4)CC3)n2)c(C)n1. The molecular weight excluding hydrogens is 376 g/mol. The van der Waals surface area contributed by atoms with Crippen LogP contribution >= 0.6 is 0 Å². The number of aromatic nitrogens is 4. The Labute approximate surface area is 167 Å². The van der Waals surface area contributed by atoms with Gasteiger partial charge in [0.15, 0.2) is 11.6 Å². The zero-order valence-corrected chi connectivity index (χ0v) is 16.4. The van der Waals surface area contributed by atoms with Gasteiger partial charge in [-0.25, -0.2) is 13.8 Å². The van der Waals surface area contributed by atoms with Crippen LogP contribution < -0.4 is 4.90 Å². The maximum Gasteiger partial charge on any atom is 0.159 e. The van der Waals surface area contributed by atoms with Crippen LogP contribution in [-0.4, -0.2) is 37.9 Å². The molecule has 1 aliphatic rings. The number of benzene rings is 1. The molecule has 1 saturated heterocycles. The van der Waals surface area contributed by atoms with Gasteiger partial charge >= 0.3 is 0 Å². The largest absolute Gasteiger partial charge is 0.385 e. The van der Waals surface area contributed by atoms with Crippen molar-refractivity contribution in [2.45, 2.75) is 38.8 Å². The lowest BCUT2D eigenvalue weighted by atomic mass is 9.84. The van der Waals surface area contributed by atoms with Crippen LogP contribution in [0.4, 0.5) is 14.6 Å². The van der Waals surface area contributed by atoms with Crippen LogP contribution in [0.2, 0.25) is 0 Å². The Bertz CT molecular complexity index is 1030. The molecule has 0 bridgehead atoms. The van der Waals surface area contributed by atoms with E-state index in [1.165, 1.54) is 6.07 Å². The van der Waals surface area contributed by atoms with E-state index < -0.39 is 17.2 Å². The van der Waals surface area contributed by atoms with Crippen LogP contribution in [0.15, 0.2) is 36.8 Å². The van der Waals surface area contributed by atoms with Crippen molar-refractivity contribution in [1.82, 2.24) is 19.7 Å². The van der Waals surface area contributed by atoms with Crippen molar-refractivity contribution < 1.29 is 13.9 Å². The molecule has 6 nitrogen and oxygen atoms in total. The van der Waals surface area contributed by atoms with Crippen LogP contribution in [0.1, 0.15) is 31.0 Å². The summed E-state index contributed by atoms with van der Waals surface area (Å²) in [5.41, 5.74) is 1.80. The number of aryl methyl sites for hydroxylation is 2. The van der Waals surface area contributed by atoms with E-state index >= 15 is 0 Å². The molecule has 0 unspecified atom stereocenters. The molecule has 0 spiro atoms. The second kappa shape index (κ2) is 7.51. The summed E-state index contributed by atoms with van der Waals surface area (Å²) < 4.78 is 28.7. The number of halogens is 2. The van der Waals surface area contributed by atoms with E-state index in [1.807, 2.05) is 29.6 Å². The van der Waals surface area contributed by atoms with Gasteiger partial charge in [-0.3, -0.25) is 9.67 Å². The van der Waals surface area contributed by atoms with Gasteiger partial charge < -0.3 is 10.0 Å². The van der Waals surface area contributed by atoms with E-state index in [1.54, 1.807) is 12.4 Å². The summed E-state index contributed by atoms with van der Waals surface area (Å²) in [6.07, 6.45) is 6.15. The molecule has 0 amide bonds. The van der Waals surface area contributed by atoms with Crippen LogP contribution in [-0.2, 0) is 12.1 Å². The van der Waals surface area contributed by atoms with Gasteiger partial charge in [0.2, 0.25) is 0 Å². The van der Waals surface area contributed by atoms with Crippen molar-refractivity contribution in [2.75, 3.05) is 18.0 Å². The lowest BCUT2D eigenvalue weighted by Gasteiger charge is -2.39. The molecule has 1 fully saturated rings. The third kappa shape index (κ3) is 3.72. The zero-order chi connectivity index (χ0) is 20.6. The van der Waals surface area contributed by atoms with Gasteiger partial charge in [-0.05, 0) is 44.4 Å². The van der Waals surface area contributed by atoms with Crippen LogP contribution in [0.3, 0.4) is 0 Å². The quantitative estimate of drug-likeness (QED) is 0.728. The zero-order valence-electron chi connectivity index (χ0n) is 16.4. The van der Waals surface area contributed by atoms with E-state index in [4.69, 9.17) is 4.98 Å². The minimum Gasteiger partial charge on any atom is -0.385 e. The topological polar surface area (TPSA) is 67.1 Å². The lowest BCUT2D eigenvalue weighted by molar-refractivity contribution is 0.0113. The monoisotopic (exact) mass is 399 g/mol. The summed E-state index contributed by atoms with van der Waals surface area (Å²) in [5, 5.41) is 15.4. The van der Waals surface area contributed by atoms with Crippen LogP contribution in [0.5, 0.6) is 0 Å². The summed E-state index contributed by atoms with van der Waals surface area (Å²) in [6, 6.07) is 3.59. The molecule has 1 N–H and O–H groups in total. The molecule has 3 aromatic rings. The highest BCUT2D eigenvalue weighted by Crippen LogP contribution is 2.35. The molecule has 0 radical (unpaired) electrons. The number of hydrogen-bond acceptors (Lipinski definition) is 5. The first-order valence-electron chi connectivity index (χ1n) is 9.69. The van der Waals surface area contributed by atoms with E-state index in [0.717, 1.165) is 41.4 Å². The van der Waals surface area contributed by atoms with Gasteiger partial charge in [-0.1, -0.05) is 6.07 Å². The summed E-state index contributed by atoms with van der Waals surface area (Å²) in [5.74, 6) is -1.14. The maximum atomic E-state index is 13.6. The number of anilines is 1. The van der Waals surface area contributed by atoms with Crippen LogP contribution in [0, 0.1) is 18.6 Å². The normalized spacial score (nSPS) is 16.2. The molecule has 0 atom stereocenters. The minimum absolute atomic E-state index is 0.386. The molecule has 4 rings (SSSR count). The van der Waals surface area contributed by atoms with E-state index in [2.05, 4.69) is 10.1 Å². The first-order chi connectivity index (χ1) is 13.9. The smallest absolute Gasteiger partial charge is 0.159 e. The summed E-state index contributed by atoms with van der Waals surface area (Å²) in [6.45, 7) is 5.81. The molecule has 29 heavy (non-hydrogen) atoms. The summed E-state index contributed by atoms with van der Waals surface area (Å²) in [4.78, 5) is 11.1. The molecule has 2 aromatic heterocycles. The van der Waals surface area contributed by atoms with Gasteiger partial charge in [0.05, 0.1) is 29.4 Å². The Kier molecular flexibility index (Phi) is 5.04. The third-order valence-electron chi connectivity index (χ3n) is 5.54. The van der Waals surface area contributed by atoms with Crippen molar-refractivity contribution in [2.24, 2.45) is 0 Å². The highest BCUT2D eigenvalue weighted by atomic mass is 19.2. The lowest BCUT2D eigenvalue weighted by Crippen LogP contribution is -2.43. The number of piperidine rings is 1. The average Bonchev–Trinajstić information content (AvgIpc) is 3.11. The number of aliphatic hydroxyl groups is 1. The third-order valence-corrected chi connectivity index (χ3v) is 5.54. The van der Waals surface area contributed by atoms with Crippen molar-refractivity contribution in [3.63, 3.8) is 0 Å². The van der Waals surface area contributed by atoms with Crippen molar-refractivity contribution in [3.05, 3.63) is 59.7 Å². The van der Waals surface area contributed by atoms with Crippen molar-refractivity contribution >= 4 is 5.82 Å². The fourth-order valence-corrected chi connectivity index (χ4v) is 3.75. The molecule has 1 aromatic carbocycles. The Hall–Kier alpha value is -2.87. The van der Waals surface area contributed by atoms with Gasteiger partial charge in [0.25, 0.3) is 0 Å². The van der Waals surface area contributed by atoms with Gasteiger partial charge in [0.1, 0.15) is 5.82 Å². The predicted molar refractivity (Wildman–Crippen MR) is 105 cm³/mol. The first-order valence-corrected chi connectivity index (χ1v) is 9.69. The van der Waals surface area contributed by atoms with E-state index in [0.29, 0.717) is 31.5 Å². The first kappa shape index (κ1) is 19.4. The molecular formula is C21H23F2N5O. The fourth-order valence-electron chi connectivity index (χ4n) is 3.75. The second-order valence-corrected chi connectivity index (χ2v) is 7.39. The van der Waals surface area contributed by atoms with Crippen LogP contribution in [0.25, 0.3) is 11.3 Å². The highest BCUT2D eigenvalue weighted by molar-refractivity contribution is 5.62. The molecule has 3 heterocycles. The molecule has 152 valence electrons. The van der Waals surface area contributed by atoms with Gasteiger partial charge in [-0.2, -0.15) is 5.10 Å². The number of nitrogens with zero attached hydrogens (tertiary/aromatic N) is 5. The second-order valence-electron chi connectivity index (χ2n) is 7.39. The Morgan fingerprint density at radius 2 is 1.90 bits per heavy atom. The highest BCUT2D eigenvalue weighted by Gasteiger charge is 2.35. The molecule has 0 saturated carbocycles. The van der Waals surface area contributed by atoms with Gasteiger partial charge in [0, 0.05) is 31.4 Å². The summed E-state index contributed by atoms with van der Waals surface area (Å²) in [7, 11) is 0. The predicted octanol–water partition coefficient (Wildman–Crippen LogP) is 3.43. The Balaban J connectivity index is 1.53. The maximum absolute atomic E-state index is 13.6. The standard InChI is InChI=1S/C21H23F2N5O/c1-3-28-13-16(14(2)26-28)19-11-24-12-20(25-19)27-8-6-21(29,7-9-27)15-4-5-17(22)18(23)10-15/h4-5,10-13,29H,3,6-9H2,1-2H3. The molecule has 1 aliphatic heterocycles. The van der Waals surface area contributed by atoms with Crippen molar-refractivity contribution in [1.29, 1.82) is 0 Å². The van der Waals surface area contributed by atoms with Gasteiger partial charge in [-0.15, -0.1) is 0 Å². The van der Waals surface area contributed by atoms with E-state index in [9.17, 15) is 13.9 Å². The average molecular weight is 399 g/mol. The molecule has 8 heteroatoms. The number of rotatable bonds is 4. The fraction of sp³-hybridized carbons (Fsp3) is 0.381. The summed E-state index contributed by atoms with van der Waals surface area (Å²) >= 11 is 0.